The number of fused-ring (bicyclic) bond motifs is 1. The van der Waals surface area contributed by atoms with Crippen LogP contribution in [-0.4, -0.2) is 67.2 Å². The molecule has 0 radical (unpaired) electrons. The Balaban J connectivity index is 1.29. The molecular formula is C31H32F3N5O5. The smallest absolute Gasteiger partial charge is 0.495 e. The van der Waals surface area contributed by atoms with E-state index >= 15 is 0 Å². The lowest BCUT2D eigenvalue weighted by Gasteiger charge is -2.26. The fourth-order valence-electron chi connectivity index (χ4n) is 4.89. The zero-order chi connectivity index (χ0) is 31.1. The van der Waals surface area contributed by atoms with E-state index in [1.165, 1.54) is 13.2 Å². The molecular weight excluding hydrogens is 579 g/mol. The number of aryl methyl sites for hydroxylation is 2. The first-order valence-corrected chi connectivity index (χ1v) is 14.0. The van der Waals surface area contributed by atoms with Gasteiger partial charge in [0.2, 0.25) is 5.88 Å². The number of ether oxygens (including phenoxy) is 4. The van der Waals surface area contributed by atoms with Gasteiger partial charge >= 0.3 is 12.4 Å². The fourth-order valence-corrected chi connectivity index (χ4v) is 4.89. The molecule has 1 saturated heterocycles. The highest BCUT2D eigenvalue weighted by molar-refractivity contribution is 6.08. The maximum absolute atomic E-state index is 12.9. The van der Waals surface area contributed by atoms with E-state index in [1.807, 2.05) is 31.2 Å². The summed E-state index contributed by atoms with van der Waals surface area (Å²) in [5.74, 6) is 1.30. The van der Waals surface area contributed by atoms with Gasteiger partial charge in [-0.15, -0.1) is 13.2 Å². The molecule has 4 aromatic rings. The summed E-state index contributed by atoms with van der Waals surface area (Å²) < 4.78 is 58.9. The summed E-state index contributed by atoms with van der Waals surface area (Å²) in [5, 5.41) is 6.67. The highest BCUT2D eigenvalue weighted by atomic mass is 19.4. The van der Waals surface area contributed by atoms with Crippen LogP contribution in [0.3, 0.4) is 0 Å². The largest absolute Gasteiger partial charge is 0.573 e. The van der Waals surface area contributed by atoms with Crippen molar-refractivity contribution in [2.24, 2.45) is 0 Å². The van der Waals surface area contributed by atoms with E-state index in [0.717, 1.165) is 57.1 Å². The van der Waals surface area contributed by atoms with Crippen molar-refractivity contribution < 1.29 is 36.9 Å². The molecule has 2 amide bonds. The molecule has 2 heterocycles. The summed E-state index contributed by atoms with van der Waals surface area (Å²) >= 11 is 0. The molecule has 3 aromatic carbocycles. The average Bonchev–Trinajstić information content (AvgIpc) is 2.98. The number of morpholine rings is 1. The van der Waals surface area contributed by atoms with Crippen LogP contribution in [0.2, 0.25) is 0 Å². The SMILES string of the molecule is COc1ccc(OC(F)(F)F)cc1NC(=O)Nc1ccc(Oc2cc(C)nc(CCCN3CCOCC3)n2)c2ccccc12. The Labute approximate surface area is 252 Å². The van der Waals surface area contributed by atoms with Gasteiger partial charge in [0, 0.05) is 48.1 Å². The van der Waals surface area contributed by atoms with Crippen LogP contribution in [-0.2, 0) is 11.2 Å². The molecule has 232 valence electrons. The number of nitrogens with zero attached hydrogens (tertiary/aromatic N) is 3. The second-order valence-electron chi connectivity index (χ2n) is 10.1. The molecule has 1 aliphatic rings. The van der Waals surface area contributed by atoms with Crippen molar-refractivity contribution >= 4 is 28.2 Å². The number of nitrogens with one attached hydrogen (secondary N) is 2. The van der Waals surface area contributed by atoms with Crippen molar-refractivity contribution in [3.8, 4) is 23.1 Å². The van der Waals surface area contributed by atoms with Crippen LogP contribution in [0.5, 0.6) is 23.1 Å². The van der Waals surface area contributed by atoms with E-state index in [0.29, 0.717) is 40.3 Å². The zero-order valence-electron chi connectivity index (χ0n) is 24.2. The van der Waals surface area contributed by atoms with Gasteiger partial charge in [-0.05, 0) is 44.2 Å². The van der Waals surface area contributed by atoms with Gasteiger partial charge in [0.1, 0.15) is 23.1 Å². The quantitative estimate of drug-likeness (QED) is 0.208. The average molecular weight is 612 g/mol. The molecule has 0 bridgehead atoms. The third-order valence-electron chi connectivity index (χ3n) is 6.85. The third-order valence-corrected chi connectivity index (χ3v) is 6.85. The predicted molar refractivity (Wildman–Crippen MR) is 159 cm³/mol. The lowest BCUT2D eigenvalue weighted by Crippen LogP contribution is -2.37. The molecule has 0 saturated carbocycles. The maximum Gasteiger partial charge on any atom is 0.573 e. The monoisotopic (exact) mass is 611 g/mol. The van der Waals surface area contributed by atoms with Gasteiger partial charge in [0.25, 0.3) is 0 Å². The van der Waals surface area contributed by atoms with Crippen LogP contribution in [0.4, 0.5) is 29.3 Å². The van der Waals surface area contributed by atoms with Gasteiger partial charge in [-0.2, -0.15) is 4.98 Å². The van der Waals surface area contributed by atoms with Crippen molar-refractivity contribution in [3.63, 3.8) is 0 Å². The first-order valence-electron chi connectivity index (χ1n) is 14.0. The molecule has 0 atom stereocenters. The molecule has 10 nitrogen and oxygen atoms in total. The topological polar surface area (TPSA) is 107 Å². The number of alkyl halides is 3. The number of hydrogen-bond acceptors (Lipinski definition) is 8. The van der Waals surface area contributed by atoms with Crippen molar-refractivity contribution in [3.05, 3.63) is 72.2 Å². The second-order valence-corrected chi connectivity index (χ2v) is 10.1. The number of anilines is 2. The van der Waals surface area contributed by atoms with Crippen molar-refractivity contribution in [2.45, 2.75) is 26.1 Å². The number of rotatable bonds is 10. The number of aromatic nitrogens is 2. The zero-order valence-corrected chi connectivity index (χ0v) is 24.2. The number of methoxy groups -OCH3 is 1. The molecule has 44 heavy (non-hydrogen) atoms. The summed E-state index contributed by atoms with van der Waals surface area (Å²) in [7, 11) is 1.34. The van der Waals surface area contributed by atoms with Crippen LogP contribution >= 0.6 is 0 Å². The molecule has 0 spiro atoms. The van der Waals surface area contributed by atoms with E-state index in [4.69, 9.17) is 14.2 Å². The summed E-state index contributed by atoms with van der Waals surface area (Å²) in [4.78, 5) is 24.5. The van der Waals surface area contributed by atoms with E-state index in [2.05, 4.69) is 30.2 Å². The van der Waals surface area contributed by atoms with Gasteiger partial charge in [0.15, 0.2) is 0 Å². The van der Waals surface area contributed by atoms with E-state index in [1.54, 1.807) is 18.2 Å². The Morgan fingerprint density at radius 2 is 1.68 bits per heavy atom. The number of carbonyl (C=O) groups is 1. The number of halogens is 3. The molecule has 13 heteroatoms. The number of hydrogen-bond donors (Lipinski definition) is 2. The minimum Gasteiger partial charge on any atom is -0.495 e. The first kappa shape index (κ1) is 30.8. The van der Waals surface area contributed by atoms with Crippen molar-refractivity contribution in [1.29, 1.82) is 0 Å². The highest BCUT2D eigenvalue weighted by Crippen LogP contribution is 2.35. The molecule has 0 aliphatic carbocycles. The van der Waals surface area contributed by atoms with Crippen molar-refractivity contribution in [2.75, 3.05) is 50.6 Å². The van der Waals surface area contributed by atoms with Crippen molar-refractivity contribution in [1.82, 2.24) is 14.9 Å². The number of benzene rings is 3. The number of urea groups is 1. The molecule has 1 fully saturated rings. The summed E-state index contributed by atoms with van der Waals surface area (Å²) in [6, 6.07) is 15.2. The minimum absolute atomic E-state index is 0.00381. The third kappa shape index (κ3) is 8.26. The Morgan fingerprint density at radius 1 is 0.955 bits per heavy atom. The molecule has 2 N–H and O–H groups in total. The Bertz CT molecular complexity index is 1610. The van der Waals surface area contributed by atoms with E-state index < -0.39 is 18.1 Å². The van der Waals surface area contributed by atoms with Crippen LogP contribution in [0.15, 0.2) is 60.7 Å². The second kappa shape index (κ2) is 13.8. The Hall–Kier alpha value is -4.62. The normalized spacial score (nSPS) is 13.8. The summed E-state index contributed by atoms with van der Waals surface area (Å²) in [6.45, 7) is 6.22. The highest BCUT2D eigenvalue weighted by Gasteiger charge is 2.31. The fraction of sp³-hybridized carbons (Fsp3) is 0.323. The van der Waals surface area contributed by atoms with Crippen LogP contribution in [0.25, 0.3) is 10.8 Å². The number of amides is 2. The summed E-state index contributed by atoms with van der Waals surface area (Å²) in [5.41, 5.74) is 1.24. The van der Waals surface area contributed by atoms with Gasteiger partial charge in [0.05, 0.1) is 31.7 Å². The molecule has 5 rings (SSSR count). The van der Waals surface area contributed by atoms with Gasteiger partial charge < -0.3 is 29.6 Å². The van der Waals surface area contributed by atoms with Gasteiger partial charge in [-0.3, -0.25) is 4.90 Å². The standard InChI is InChI=1S/C31H32F3N5O5/c1-20-18-29(38-28(35-20)8-5-13-39-14-16-42-17-15-39)43-26-12-10-24(22-6-3-4-7-23(22)26)36-30(40)37-25-19-21(44-31(32,33)34)9-11-27(25)41-2/h3-4,6-7,9-12,18-19H,5,8,13-17H2,1-2H3,(H2,36,37,40). The van der Waals surface area contributed by atoms with Crippen LogP contribution in [0, 0.1) is 6.92 Å². The van der Waals surface area contributed by atoms with Crippen LogP contribution in [0.1, 0.15) is 17.9 Å². The number of carbonyl (C=O) groups excluding carboxylic acids is 1. The van der Waals surface area contributed by atoms with Gasteiger partial charge in [-0.1, -0.05) is 24.3 Å². The van der Waals surface area contributed by atoms with E-state index in [-0.39, 0.29) is 11.4 Å². The maximum atomic E-state index is 12.9. The minimum atomic E-state index is -4.88. The summed E-state index contributed by atoms with van der Waals surface area (Å²) in [6.07, 6.45) is -3.25. The Morgan fingerprint density at radius 3 is 2.43 bits per heavy atom. The molecule has 1 aliphatic heterocycles. The predicted octanol–water partition coefficient (Wildman–Crippen LogP) is 6.55. The lowest BCUT2D eigenvalue weighted by atomic mass is 10.1. The Kier molecular flexibility index (Phi) is 9.65. The molecule has 0 unspecified atom stereocenters. The van der Waals surface area contributed by atoms with Gasteiger partial charge in [-0.25, -0.2) is 9.78 Å². The first-order chi connectivity index (χ1) is 21.2. The molecule has 1 aromatic heterocycles. The van der Waals surface area contributed by atoms with Crippen LogP contribution < -0.4 is 24.8 Å². The van der Waals surface area contributed by atoms with E-state index in [9.17, 15) is 18.0 Å². The lowest BCUT2D eigenvalue weighted by molar-refractivity contribution is -0.274.